The average Bonchev–Trinajstić information content (AvgIpc) is 2.67. The molecule has 4 heteroatoms. The van der Waals surface area contributed by atoms with E-state index in [0.29, 0.717) is 0 Å². The summed E-state index contributed by atoms with van der Waals surface area (Å²) in [7, 11) is 0. The monoisotopic (exact) mass is 351 g/mol. The topological polar surface area (TPSA) is 35.6 Å². The van der Waals surface area contributed by atoms with Gasteiger partial charge in [-0.2, -0.15) is 0 Å². The first-order valence-corrected chi connectivity index (χ1v) is 9.52. The van der Waals surface area contributed by atoms with Crippen LogP contribution in [0.15, 0.2) is 48.5 Å². The number of urea groups is 1. The fourth-order valence-electron chi connectivity index (χ4n) is 3.41. The minimum Gasteiger partial charge on any atom is -0.322 e. The largest absolute Gasteiger partial charge is 0.322 e. The molecule has 2 amide bonds. The summed E-state index contributed by atoms with van der Waals surface area (Å²) in [6, 6.07) is 16.7. The highest BCUT2D eigenvalue weighted by atomic mass is 16.2. The molecule has 1 heterocycles. The average molecular weight is 351 g/mol. The lowest BCUT2D eigenvalue weighted by molar-refractivity contribution is 0.146. The SMILES string of the molecule is Cc1cccc(NC(=O)N2CCN(CCCc3ccccc3)CC2)c1C. The van der Waals surface area contributed by atoms with Crippen molar-refractivity contribution in [3.05, 3.63) is 65.2 Å². The molecule has 0 bridgehead atoms. The summed E-state index contributed by atoms with van der Waals surface area (Å²) in [6.07, 6.45) is 2.28. The van der Waals surface area contributed by atoms with E-state index in [1.54, 1.807) is 0 Å². The van der Waals surface area contributed by atoms with Gasteiger partial charge in [0.15, 0.2) is 0 Å². The smallest absolute Gasteiger partial charge is 0.321 e. The van der Waals surface area contributed by atoms with Crippen LogP contribution in [0.3, 0.4) is 0 Å². The van der Waals surface area contributed by atoms with E-state index in [0.717, 1.165) is 50.4 Å². The summed E-state index contributed by atoms with van der Waals surface area (Å²) in [5.74, 6) is 0. The van der Waals surface area contributed by atoms with Crippen molar-refractivity contribution in [2.24, 2.45) is 0 Å². The maximum Gasteiger partial charge on any atom is 0.321 e. The van der Waals surface area contributed by atoms with Crippen molar-refractivity contribution in [2.45, 2.75) is 26.7 Å². The molecule has 0 atom stereocenters. The van der Waals surface area contributed by atoms with Gasteiger partial charge in [-0.25, -0.2) is 4.79 Å². The predicted molar refractivity (Wildman–Crippen MR) is 108 cm³/mol. The van der Waals surface area contributed by atoms with E-state index in [1.165, 1.54) is 17.5 Å². The summed E-state index contributed by atoms with van der Waals surface area (Å²) >= 11 is 0. The van der Waals surface area contributed by atoms with E-state index < -0.39 is 0 Å². The molecule has 1 fully saturated rings. The van der Waals surface area contributed by atoms with Gasteiger partial charge in [-0.1, -0.05) is 42.5 Å². The van der Waals surface area contributed by atoms with Crippen LogP contribution in [0.2, 0.25) is 0 Å². The Balaban J connectivity index is 1.41. The summed E-state index contributed by atoms with van der Waals surface area (Å²) in [5.41, 5.74) is 4.66. The molecule has 2 aromatic carbocycles. The number of piperazine rings is 1. The molecule has 3 rings (SSSR count). The molecule has 4 nitrogen and oxygen atoms in total. The molecular weight excluding hydrogens is 322 g/mol. The normalized spacial score (nSPS) is 15.1. The van der Waals surface area contributed by atoms with Crippen LogP contribution in [0.5, 0.6) is 0 Å². The molecule has 2 aromatic rings. The van der Waals surface area contributed by atoms with Crippen molar-refractivity contribution in [1.82, 2.24) is 9.80 Å². The molecule has 1 saturated heterocycles. The quantitative estimate of drug-likeness (QED) is 0.881. The fourth-order valence-corrected chi connectivity index (χ4v) is 3.41. The molecule has 1 aliphatic rings. The van der Waals surface area contributed by atoms with Crippen LogP contribution >= 0.6 is 0 Å². The van der Waals surface area contributed by atoms with Crippen LogP contribution in [0.4, 0.5) is 10.5 Å². The Hall–Kier alpha value is -2.33. The number of amides is 2. The maximum atomic E-state index is 12.5. The number of hydrogen-bond acceptors (Lipinski definition) is 2. The zero-order valence-corrected chi connectivity index (χ0v) is 15.9. The summed E-state index contributed by atoms with van der Waals surface area (Å²) in [6.45, 7) is 8.71. The van der Waals surface area contributed by atoms with Crippen molar-refractivity contribution in [1.29, 1.82) is 0 Å². The third-order valence-corrected chi connectivity index (χ3v) is 5.29. The van der Waals surface area contributed by atoms with Crippen molar-refractivity contribution >= 4 is 11.7 Å². The van der Waals surface area contributed by atoms with Gasteiger partial charge in [0, 0.05) is 31.9 Å². The van der Waals surface area contributed by atoms with Crippen molar-refractivity contribution < 1.29 is 4.79 Å². The van der Waals surface area contributed by atoms with Gasteiger partial charge < -0.3 is 10.2 Å². The van der Waals surface area contributed by atoms with Gasteiger partial charge in [-0.15, -0.1) is 0 Å². The highest BCUT2D eigenvalue weighted by molar-refractivity contribution is 5.90. The lowest BCUT2D eigenvalue weighted by atomic mass is 10.1. The first-order chi connectivity index (χ1) is 12.6. The molecule has 0 spiro atoms. The molecular formula is C22H29N3O. The number of carbonyl (C=O) groups is 1. The van der Waals surface area contributed by atoms with Crippen LogP contribution in [0.1, 0.15) is 23.1 Å². The molecule has 138 valence electrons. The summed E-state index contributed by atoms with van der Waals surface area (Å²) in [5, 5.41) is 3.07. The van der Waals surface area contributed by atoms with Gasteiger partial charge in [0.25, 0.3) is 0 Å². The molecule has 1 aliphatic heterocycles. The van der Waals surface area contributed by atoms with Gasteiger partial charge in [0.2, 0.25) is 0 Å². The van der Waals surface area contributed by atoms with Crippen molar-refractivity contribution in [3.8, 4) is 0 Å². The maximum absolute atomic E-state index is 12.5. The summed E-state index contributed by atoms with van der Waals surface area (Å²) in [4.78, 5) is 16.9. The van der Waals surface area contributed by atoms with Gasteiger partial charge in [0.1, 0.15) is 0 Å². The second-order valence-electron chi connectivity index (χ2n) is 7.10. The Morgan fingerprint density at radius 3 is 2.42 bits per heavy atom. The number of nitrogens with zero attached hydrogens (tertiary/aromatic N) is 2. The Kier molecular flexibility index (Phi) is 6.29. The standard InChI is InChI=1S/C22H29N3O/c1-18-8-6-12-21(19(18)2)23-22(26)25-16-14-24(15-17-25)13-7-11-20-9-4-3-5-10-20/h3-6,8-10,12H,7,11,13-17H2,1-2H3,(H,23,26). The third-order valence-electron chi connectivity index (χ3n) is 5.29. The van der Waals surface area contributed by atoms with Gasteiger partial charge in [-0.3, -0.25) is 4.90 Å². The Morgan fingerprint density at radius 2 is 1.69 bits per heavy atom. The number of nitrogens with one attached hydrogen (secondary N) is 1. The van der Waals surface area contributed by atoms with Gasteiger partial charge in [-0.05, 0) is 56.0 Å². The number of anilines is 1. The van der Waals surface area contributed by atoms with Gasteiger partial charge >= 0.3 is 6.03 Å². The van der Waals surface area contributed by atoms with E-state index in [9.17, 15) is 4.79 Å². The number of carbonyl (C=O) groups excluding carboxylic acids is 1. The number of aryl methyl sites for hydroxylation is 2. The van der Waals surface area contributed by atoms with Crippen molar-refractivity contribution in [3.63, 3.8) is 0 Å². The Bertz CT molecular complexity index is 721. The second-order valence-corrected chi connectivity index (χ2v) is 7.10. The molecule has 0 unspecified atom stereocenters. The summed E-state index contributed by atoms with van der Waals surface area (Å²) < 4.78 is 0. The zero-order valence-electron chi connectivity index (χ0n) is 15.9. The van der Waals surface area contributed by atoms with E-state index >= 15 is 0 Å². The minimum absolute atomic E-state index is 0.0163. The van der Waals surface area contributed by atoms with Crippen LogP contribution in [0.25, 0.3) is 0 Å². The lowest BCUT2D eigenvalue weighted by Crippen LogP contribution is -2.50. The van der Waals surface area contributed by atoms with Crippen molar-refractivity contribution in [2.75, 3.05) is 38.0 Å². The fraction of sp³-hybridized carbons (Fsp3) is 0.409. The van der Waals surface area contributed by atoms with Gasteiger partial charge in [0.05, 0.1) is 0 Å². The second kappa shape index (κ2) is 8.86. The van der Waals surface area contributed by atoms with Crippen LogP contribution in [-0.4, -0.2) is 48.6 Å². The van der Waals surface area contributed by atoms with Crippen LogP contribution in [-0.2, 0) is 6.42 Å². The Labute approximate surface area is 156 Å². The predicted octanol–water partition coefficient (Wildman–Crippen LogP) is 4.09. The molecule has 0 aliphatic carbocycles. The van der Waals surface area contributed by atoms with E-state index in [2.05, 4.69) is 60.5 Å². The first kappa shape index (κ1) is 18.5. The number of benzene rings is 2. The first-order valence-electron chi connectivity index (χ1n) is 9.52. The van der Waals surface area contributed by atoms with E-state index in [-0.39, 0.29) is 6.03 Å². The molecule has 0 radical (unpaired) electrons. The highest BCUT2D eigenvalue weighted by Gasteiger charge is 2.21. The number of hydrogen-bond donors (Lipinski definition) is 1. The molecule has 26 heavy (non-hydrogen) atoms. The minimum atomic E-state index is 0.0163. The molecule has 0 saturated carbocycles. The Morgan fingerprint density at radius 1 is 0.962 bits per heavy atom. The molecule has 1 N–H and O–H groups in total. The lowest BCUT2D eigenvalue weighted by Gasteiger charge is -2.34. The van der Waals surface area contributed by atoms with E-state index in [1.807, 2.05) is 17.0 Å². The number of rotatable bonds is 5. The van der Waals surface area contributed by atoms with E-state index in [4.69, 9.17) is 0 Å². The third kappa shape index (κ3) is 4.85. The van der Waals surface area contributed by atoms with Crippen LogP contribution < -0.4 is 5.32 Å². The molecule has 0 aromatic heterocycles. The highest BCUT2D eigenvalue weighted by Crippen LogP contribution is 2.18. The van der Waals surface area contributed by atoms with Crippen LogP contribution in [0, 0.1) is 13.8 Å². The zero-order chi connectivity index (χ0) is 18.4.